The number of hydrogen-bond donors (Lipinski definition) is 3. The van der Waals surface area contributed by atoms with Gasteiger partial charge in [0.15, 0.2) is 0 Å². The topological polar surface area (TPSA) is 146 Å². The number of amidine groups is 1. The Bertz CT molecular complexity index is 1760. The van der Waals surface area contributed by atoms with Gasteiger partial charge in [-0.2, -0.15) is 13.2 Å². The second kappa shape index (κ2) is 15.3. The molecule has 0 spiro atoms. The van der Waals surface area contributed by atoms with Gasteiger partial charge in [-0.25, -0.2) is 4.99 Å². The first kappa shape index (κ1) is 35.1. The van der Waals surface area contributed by atoms with Gasteiger partial charge in [0.2, 0.25) is 11.8 Å². The second-order valence-corrected chi connectivity index (χ2v) is 11.9. The quantitative estimate of drug-likeness (QED) is 0.159. The summed E-state index contributed by atoms with van der Waals surface area (Å²) in [5.74, 6) is 0.0220. The number of halogens is 3. The standard InChI is InChI=1S/C35H40F3N9O2/c1-3-47(28-8-9-29(39)30(19-28)44-27-10-14-42-31(18-27)35(36,37)38)34(49)26-11-15-45(20-26)21-32(48)46-16-12-24(13-17-46)23-4-6-25(7-5-23)33(40)43-22-41-2/h4-10,12,14,18-19,22,26H,3,11,13,15-17,20-21,39H2,1-2H3,(H,42,44)(H2,40,41,43)/t26-/m1/s1. The van der Waals surface area contributed by atoms with E-state index in [0.717, 1.165) is 29.8 Å². The van der Waals surface area contributed by atoms with Crippen LogP contribution in [0.5, 0.6) is 0 Å². The predicted octanol–water partition coefficient (Wildman–Crippen LogP) is 4.78. The molecule has 11 nitrogen and oxygen atoms in total. The second-order valence-electron chi connectivity index (χ2n) is 11.9. The third-order valence-corrected chi connectivity index (χ3v) is 8.67. The van der Waals surface area contributed by atoms with Gasteiger partial charge in [0, 0.05) is 56.4 Å². The number of pyridine rings is 1. The number of nitrogen functional groups attached to an aromatic ring is 1. The van der Waals surface area contributed by atoms with Crippen molar-refractivity contribution in [2.45, 2.75) is 25.9 Å². The lowest BCUT2D eigenvalue weighted by atomic mass is 9.98. The number of carbonyl (C=O) groups is 2. The van der Waals surface area contributed by atoms with Crippen LogP contribution in [0.15, 0.2) is 76.9 Å². The highest BCUT2D eigenvalue weighted by Crippen LogP contribution is 2.33. The number of amides is 2. The van der Waals surface area contributed by atoms with Gasteiger partial charge < -0.3 is 26.6 Å². The molecule has 0 saturated carbocycles. The van der Waals surface area contributed by atoms with Gasteiger partial charge in [0.1, 0.15) is 17.9 Å². The molecule has 2 aromatic carbocycles. The van der Waals surface area contributed by atoms with Crippen LogP contribution in [-0.2, 0) is 15.8 Å². The Hall–Kier alpha value is -5.24. The highest BCUT2D eigenvalue weighted by Gasteiger charge is 2.34. The minimum absolute atomic E-state index is 0.0201. The third kappa shape index (κ3) is 8.62. The Morgan fingerprint density at radius 2 is 1.90 bits per heavy atom. The summed E-state index contributed by atoms with van der Waals surface area (Å²) in [6, 6.07) is 15.1. The zero-order valence-corrected chi connectivity index (χ0v) is 27.5. The van der Waals surface area contributed by atoms with Gasteiger partial charge in [0.25, 0.3) is 0 Å². The Balaban J connectivity index is 1.16. The molecular formula is C35H40F3N9O2. The van der Waals surface area contributed by atoms with E-state index in [9.17, 15) is 22.8 Å². The van der Waals surface area contributed by atoms with Crippen molar-refractivity contribution in [3.05, 3.63) is 83.7 Å². The Labute approximate surface area is 283 Å². The lowest BCUT2D eigenvalue weighted by Gasteiger charge is -2.29. The van der Waals surface area contributed by atoms with E-state index in [1.807, 2.05) is 41.0 Å². The van der Waals surface area contributed by atoms with Crippen LogP contribution in [0.4, 0.5) is 35.9 Å². The van der Waals surface area contributed by atoms with Crippen molar-refractivity contribution < 1.29 is 22.8 Å². The van der Waals surface area contributed by atoms with Crippen LogP contribution in [0.25, 0.3) is 5.57 Å². The number of rotatable bonds is 10. The molecule has 0 bridgehead atoms. The molecule has 0 unspecified atom stereocenters. The molecule has 5 rings (SSSR count). The molecule has 1 aromatic heterocycles. The van der Waals surface area contributed by atoms with E-state index in [1.165, 1.54) is 18.0 Å². The number of benzene rings is 2. The lowest BCUT2D eigenvalue weighted by Crippen LogP contribution is -2.42. The fourth-order valence-corrected chi connectivity index (χ4v) is 6.00. The molecule has 5 N–H and O–H groups in total. The zero-order valence-electron chi connectivity index (χ0n) is 27.5. The maximum atomic E-state index is 13.7. The average molecular weight is 676 g/mol. The van der Waals surface area contributed by atoms with Gasteiger partial charge in [-0.05, 0) is 67.8 Å². The van der Waals surface area contributed by atoms with E-state index in [2.05, 4.69) is 26.4 Å². The molecule has 2 aliphatic heterocycles. The number of alkyl halides is 3. The van der Waals surface area contributed by atoms with E-state index < -0.39 is 11.9 Å². The highest BCUT2D eigenvalue weighted by atomic mass is 19.4. The van der Waals surface area contributed by atoms with Gasteiger partial charge in [0.05, 0.1) is 23.8 Å². The van der Waals surface area contributed by atoms with Gasteiger partial charge in [-0.15, -0.1) is 0 Å². The SMILES string of the molecule is CCN(C(=O)[C@@H]1CCN(CC(=O)N2CC=C(c3ccc(C(N)=NC=NC)cc3)CC2)C1)c1ccc(N)c(Nc2ccnc(C(F)(F)F)c2)c1. The molecule has 3 heterocycles. The van der Waals surface area contributed by atoms with Crippen molar-refractivity contribution in [3.63, 3.8) is 0 Å². The minimum atomic E-state index is -4.59. The molecule has 0 radical (unpaired) electrons. The number of anilines is 4. The van der Waals surface area contributed by atoms with Crippen molar-refractivity contribution in [1.29, 1.82) is 0 Å². The number of carbonyl (C=O) groups excluding carboxylic acids is 2. The van der Waals surface area contributed by atoms with Crippen LogP contribution in [0.3, 0.4) is 0 Å². The van der Waals surface area contributed by atoms with Gasteiger partial charge in [-0.3, -0.25) is 24.5 Å². The predicted molar refractivity (Wildman–Crippen MR) is 187 cm³/mol. The smallest absolute Gasteiger partial charge is 0.397 e. The minimum Gasteiger partial charge on any atom is -0.397 e. The first-order valence-corrected chi connectivity index (χ1v) is 16.0. The largest absolute Gasteiger partial charge is 0.433 e. The number of nitrogens with zero attached hydrogens (tertiary/aromatic N) is 6. The van der Waals surface area contributed by atoms with Crippen molar-refractivity contribution in [2.75, 3.05) is 62.3 Å². The van der Waals surface area contributed by atoms with Crippen LogP contribution in [-0.4, -0.2) is 85.1 Å². The number of nitrogens with two attached hydrogens (primary N) is 2. The van der Waals surface area contributed by atoms with Gasteiger partial charge >= 0.3 is 6.18 Å². The fourth-order valence-electron chi connectivity index (χ4n) is 6.00. The molecule has 2 amide bonds. The molecule has 49 heavy (non-hydrogen) atoms. The van der Waals surface area contributed by atoms with Crippen molar-refractivity contribution >= 4 is 52.3 Å². The van der Waals surface area contributed by atoms with Crippen LogP contribution < -0.4 is 21.7 Å². The number of aliphatic imine (C=N–C) groups is 2. The number of hydrogen-bond acceptors (Lipinski definition) is 7. The number of aromatic nitrogens is 1. The first-order valence-electron chi connectivity index (χ1n) is 16.0. The van der Waals surface area contributed by atoms with Crippen molar-refractivity contribution in [3.8, 4) is 0 Å². The zero-order chi connectivity index (χ0) is 35.1. The molecule has 3 aromatic rings. The number of likely N-dealkylation sites (tertiary alicyclic amines) is 1. The van der Waals surface area contributed by atoms with Crippen LogP contribution in [0, 0.1) is 5.92 Å². The summed E-state index contributed by atoms with van der Waals surface area (Å²) >= 11 is 0. The summed E-state index contributed by atoms with van der Waals surface area (Å²) in [5.41, 5.74) is 15.6. The van der Waals surface area contributed by atoms with E-state index in [1.54, 1.807) is 30.1 Å². The average Bonchev–Trinajstić information content (AvgIpc) is 3.57. The van der Waals surface area contributed by atoms with Crippen molar-refractivity contribution in [1.82, 2.24) is 14.8 Å². The monoisotopic (exact) mass is 675 g/mol. The summed E-state index contributed by atoms with van der Waals surface area (Å²) in [4.78, 5) is 43.7. The molecule has 2 aliphatic rings. The van der Waals surface area contributed by atoms with Crippen molar-refractivity contribution in [2.24, 2.45) is 21.6 Å². The Morgan fingerprint density at radius 3 is 2.57 bits per heavy atom. The summed E-state index contributed by atoms with van der Waals surface area (Å²) < 4.78 is 39.5. The number of nitrogens with one attached hydrogen (secondary N) is 1. The summed E-state index contributed by atoms with van der Waals surface area (Å²) in [7, 11) is 1.63. The molecule has 0 aliphatic carbocycles. The normalized spacial score (nSPS) is 17.3. The summed E-state index contributed by atoms with van der Waals surface area (Å²) in [6.45, 7) is 4.66. The van der Waals surface area contributed by atoms with E-state index >= 15 is 0 Å². The highest BCUT2D eigenvalue weighted by molar-refractivity contribution is 6.01. The summed E-state index contributed by atoms with van der Waals surface area (Å²) in [5, 5.41) is 2.93. The Kier molecular flexibility index (Phi) is 11.0. The molecule has 1 atom stereocenters. The lowest BCUT2D eigenvalue weighted by molar-refractivity contribution is -0.141. The summed E-state index contributed by atoms with van der Waals surface area (Å²) in [6.07, 6.45) is 1.31. The molecular weight excluding hydrogens is 635 g/mol. The van der Waals surface area contributed by atoms with E-state index in [0.29, 0.717) is 62.0 Å². The van der Waals surface area contributed by atoms with E-state index in [-0.39, 0.29) is 30.0 Å². The van der Waals surface area contributed by atoms with Crippen LogP contribution >= 0.6 is 0 Å². The molecule has 1 saturated heterocycles. The maximum absolute atomic E-state index is 13.7. The molecule has 1 fully saturated rings. The molecule has 14 heteroatoms. The van der Waals surface area contributed by atoms with Crippen LogP contribution in [0.2, 0.25) is 0 Å². The molecule has 258 valence electrons. The maximum Gasteiger partial charge on any atom is 0.433 e. The first-order chi connectivity index (χ1) is 23.5. The van der Waals surface area contributed by atoms with E-state index in [4.69, 9.17) is 11.5 Å². The van der Waals surface area contributed by atoms with Crippen LogP contribution in [0.1, 0.15) is 36.6 Å². The Morgan fingerprint density at radius 1 is 1.12 bits per heavy atom. The third-order valence-electron chi connectivity index (χ3n) is 8.67. The fraction of sp³-hybridized carbons (Fsp3) is 0.343. The van der Waals surface area contributed by atoms with Gasteiger partial charge in [-0.1, -0.05) is 30.3 Å².